The van der Waals surface area contributed by atoms with E-state index in [1.807, 2.05) is 52.0 Å². The van der Waals surface area contributed by atoms with Crippen LogP contribution < -0.4 is 15.4 Å². The molecule has 0 radical (unpaired) electrons. The predicted octanol–water partition coefficient (Wildman–Crippen LogP) is 5.98. The van der Waals surface area contributed by atoms with Gasteiger partial charge in [-0.25, -0.2) is 13.9 Å². The van der Waals surface area contributed by atoms with Crippen molar-refractivity contribution < 1.29 is 19.0 Å². The molecule has 37 heavy (non-hydrogen) atoms. The summed E-state index contributed by atoms with van der Waals surface area (Å²) in [6, 6.07) is 16.4. The van der Waals surface area contributed by atoms with E-state index >= 15 is 0 Å². The molecule has 0 aliphatic carbocycles. The van der Waals surface area contributed by atoms with Crippen molar-refractivity contribution >= 4 is 17.5 Å². The van der Waals surface area contributed by atoms with Crippen molar-refractivity contribution in [2.45, 2.75) is 39.5 Å². The van der Waals surface area contributed by atoms with Gasteiger partial charge >= 0.3 is 6.03 Å². The normalized spacial score (nSPS) is 11.3. The molecule has 0 atom stereocenters. The largest absolute Gasteiger partial charge is 0.457 e. The number of aliphatic hydroxyl groups excluding tert-OH is 1. The average molecular weight is 504 g/mol. The second-order valence-corrected chi connectivity index (χ2v) is 9.67. The number of pyridine rings is 1. The molecule has 0 bridgehead atoms. The molecule has 0 aliphatic rings. The molecule has 0 saturated heterocycles. The molecular formula is C28H30FN5O3. The van der Waals surface area contributed by atoms with Crippen molar-refractivity contribution in [1.82, 2.24) is 14.8 Å². The Morgan fingerprint density at radius 3 is 2.41 bits per heavy atom. The number of aryl methyl sites for hydroxylation is 1. The minimum atomic E-state index is -0.637. The zero-order valence-electron chi connectivity index (χ0n) is 21.2. The lowest BCUT2D eigenvalue weighted by Crippen LogP contribution is -2.22. The molecule has 2 aromatic heterocycles. The van der Waals surface area contributed by atoms with Crippen molar-refractivity contribution in [3.8, 4) is 17.2 Å². The van der Waals surface area contributed by atoms with Gasteiger partial charge in [0.05, 0.1) is 17.1 Å². The third kappa shape index (κ3) is 6.50. The Bertz CT molecular complexity index is 1390. The first-order valence-corrected chi connectivity index (χ1v) is 11.9. The number of rotatable bonds is 7. The van der Waals surface area contributed by atoms with Gasteiger partial charge in [-0.1, -0.05) is 32.9 Å². The lowest BCUT2D eigenvalue weighted by molar-refractivity contribution is 0.262. The van der Waals surface area contributed by atoms with Gasteiger partial charge < -0.3 is 15.2 Å². The predicted molar refractivity (Wildman–Crippen MR) is 141 cm³/mol. The molecule has 0 saturated carbocycles. The number of anilines is 2. The van der Waals surface area contributed by atoms with Gasteiger partial charge in [0.25, 0.3) is 0 Å². The van der Waals surface area contributed by atoms with Crippen LogP contribution in [0.2, 0.25) is 0 Å². The third-order valence-electron chi connectivity index (χ3n) is 5.59. The van der Waals surface area contributed by atoms with Crippen molar-refractivity contribution in [2.24, 2.45) is 0 Å². The number of carbonyl (C=O) groups excluding carboxylic acids is 1. The fourth-order valence-corrected chi connectivity index (χ4v) is 3.62. The van der Waals surface area contributed by atoms with E-state index in [1.54, 1.807) is 35.1 Å². The van der Waals surface area contributed by atoms with Crippen LogP contribution in [-0.2, 0) is 11.8 Å². The Morgan fingerprint density at radius 1 is 1.03 bits per heavy atom. The smallest absolute Gasteiger partial charge is 0.324 e. The summed E-state index contributed by atoms with van der Waals surface area (Å²) in [4.78, 5) is 16.9. The van der Waals surface area contributed by atoms with Crippen molar-refractivity contribution in [2.75, 3.05) is 17.2 Å². The number of halogens is 1. The Kier molecular flexibility index (Phi) is 7.54. The number of hydrogen-bond acceptors (Lipinski definition) is 5. The van der Waals surface area contributed by atoms with E-state index in [4.69, 9.17) is 14.9 Å². The first-order valence-electron chi connectivity index (χ1n) is 11.9. The van der Waals surface area contributed by atoms with E-state index in [2.05, 4.69) is 15.6 Å². The second kappa shape index (κ2) is 10.8. The third-order valence-corrected chi connectivity index (χ3v) is 5.59. The van der Waals surface area contributed by atoms with E-state index in [0.717, 1.165) is 22.6 Å². The standard InChI is InChI=1S/C28H30FN5O3/c1-18-15-22(11-13-30-18)37-21-9-10-24(23(29)16-21)31-27(36)32-26-17-25(28(2,3)4)33-34(26)20-7-5-19(6-8-20)12-14-35/h5-11,13,15-17,35H,12,14H2,1-4H3,(H2,31,32,36). The molecule has 8 nitrogen and oxygen atoms in total. The van der Waals surface area contributed by atoms with Gasteiger partial charge in [-0.2, -0.15) is 5.10 Å². The van der Waals surface area contributed by atoms with Gasteiger partial charge in [-0.3, -0.25) is 10.3 Å². The maximum atomic E-state index is 14.8. The van der Waals surface area contributed by atoms with Crippen LogP contribution in [0.1, 0.15) is 37.7 Å². The summed E-state index contributed by atoms with van der Waals surface area (Å²) in [5, 5.41) is 19.2. The number of aromatic nitrogens is 3. The van der Waals surface area contributed by atoms with Gasteiger partial charge in [0.2, 0.25) is 0 Å². The maximum absolute atomic E-state index is 14.8. The van der Waals surface area contributed by atoms with Gasteiger partial charge in [-0.05, 0) is 49.2 Å². The molecule has 4 rings (SSSR count). The quantitative estimate of drug-likeness (QED) is 0.288. The number of urea groups is 1. The molecule has 192 valence electrons. The molecule has 0 fully saturated rings. The summed E-state index contributed by atoms with van der Waals surface area (Å²) in [5.41, 5.74) is 3.04. The molecule has 2 heterocycles. The number of hydrogen-bond donors (Lipinski definition) is 3. The Hall–Kier alpha value is -4.24. The van der Waals surface area contributed by atoms with Crippen LogP contribution >= 0.6 is 0 Å². The monoisotopic (exact) mass is 503 g/mol. The Morgan fingerprint density at radius 2 is 1.76 bits per heavy atom. The minimum Gasteiger partial charge on any atom is -0.457 e. The Labute approximate surface area is 215 Å². The van der Waals surface area contributed by atoms with E-state index in [9.17, 15) is 9.18 Å². The van der Waals surface area contributed by atoms with Gasteiger partial charge in [-0.15, -0.1) is 0 Å². The molecular weight excluding hydrogens is 473 g/mol. The highest BCUT2D eigenvalue weighted by Gasteiger charge is 2.22. The molecule has 3 N–H and O–H groups in total. The first-order chi connectivity index (χ1) is 17.6. The van der Waals surface area contributed by atoms with E-state index in [0.29, 0.717) is 23.7 Å². The van der Waals surface area contributed by atoms with Gasteiger partial charge in [0.1, 0.15) is 23.1 Å². The number of nitrogens with zero attached hydrogens (tertiary/aromatic N) is 3. The van der Waals surface area contributed by atoms with Crippen molar-refractivity contribution in [3.05, 3.63) is 89.6 Å². The number of amides is 2. The number of benzene rings is 2. The van der Waals surface area contributed by atoms with Crippen LogP contribution in [0, 0.1) is 12.7 Å². The van der Waals surface area contributed by atoms with Gasteiger partial charge in [0.15, 0.2) is 0 Å². The van der Waals surface area contributed by atoms with Crippen molar-refractivity contribution in [1.29, 1.82) is 0 Å². The second-order valence-electron chi connectivity index (χ2n) is 9.67. The highest BCUT2D eigenvalue weighted by Crippen LogP contribution is 2.28. The summed E-state index contributed by atoms with van der Waals surface area (Å²) in [6.07, 6.45) is 2.16. The molecule has 2 aromatic carbocycles. The fraction of sp³-hybridized carbons (Fsp3) is 0.250. The lowest BCUT2D eigenvalue weighted by atomic mass is 9.92. The molecule has 2 amide bonds. The average Bonchev–Trinajstić information content (AvgIpc) is 3.26. The summed E-state index contributed by atoms with van der Waals surface area (Å²) in [5.74, 6) is 0.636. The SMILES string of the molecule is Cc1cc(Oc2ccc(NC(=O)Nc3cc(C(C)(C)C)nn3-c3ccc(CCO)cc3)c(F)c2)ccn1. The first kappa shape index (κ1) is 25.8. The minimum absolute atomic E-state index is 0.00576. The number of aliphatic hydroxyl groups is 1. The van der Waals surface area contributed by atoms with Crippen LogP contribution in [0.15, 0.2) is 66.9 Å². The van der Waals surface area contributed by atoms with Gasteiger partial charge in [0, 0.05) is 42.1 Å². The van der Waals surface area contributed by atoms with E-state index in [1.165, 1.54) is 12.1 Å². The number of nitrogens with one attached hydrogen (secondary N) is 2. The number of carbonyl (C=O) groups is 1. The highest BCUT2D eigenvalue weighted by molar-refractivity contribution is 5.99. The van der Waals surface area contributed by atoms with Crippen LogP contribution in [0.5, 0.6) is 11.5 Å². The zero-order valence-corrected chi connectivity index (χ0v) is 21.2. The van der Waals surface area contributed by atoms with Crippen LogP contribution in [0.4, 0.5) is 20.7 Å². The highest BCUT2D eigenvalue weighted by atomic mass is 19.1. The summed E-state index contributed by atoms with van der Waals surface area (Å²) in [7, 11) is 0. The molecule has 0 spiro atoms. The zero-order chi connectivity index (χ0) is 26.6. The molecule has 9 heteroatoms. The topological polar surface area (TPSA) is 101 Å². The van der Waals surface area contributed by atoms with E-state index in [-0.39, 0.29) is 17.7 Å². The summed E-state index contributed by atoms with van der Waals surface area (Å²) < 4.78 is 22.1. The number of ether oxygens (including phenoxy) is 1. The van der Waals surface area contributed by atoms with Crippen LogP contribution in [0.3, 0.4) is 0 Å². The van der Waals surface area contributed by atoms with Crippen molar-refractivity contribution in [3.63, 3.8) is 0 Å². The van der Waals surface area contributed by atoms with Crippen LogP contribution in [-0.4, -0.2) is 32.5 Å². The van der Waals surface area contributed by atoms with E-state index < -0.39 is 11.8 Å². The summed E-state index contributed by atoms with van der Waals surface area (Å²) >= 11 is 0. The molecule has 0 unspecified atom stereocenters. The molecule has 0 aliphatic heterocycles. The Balaban J connectivity index is 1.51. The summed E-state index contributed by atoms with van der Waals surface area (Å²) in [6.45, 7) is 7.98. The fourth-order valence-electron chi connectivity index (χ4n) is 3.62. The van der Waals surface area contributed by atoms with Crippen LogP contribution in [0.25, 0.3) is 5.69 Å². The molecule has 4 aromatic rings. The lowest BCUT2D eigenvalue weighted by Gasteiger charge is -2.14. The maximum Gasteiger partial charge on any atom is 0.324 e.